The fraction of sp³-hybridized carbons (Fsp3) is 0.571. The van der Waals surface area contributed by atoms with Gasteiger partial charge in [-0.05, 0) is 24.1 Å². The molecule has 2 N–H and O–H groups in total. The summed E-state index contributed by atoms with van der Waals surface area (Å²) < 4.78 is 5.37. The number of anilines is 1. The summed E-state index contributed by atoms with van der Waals surface area (Å²) in [4.78, 5) is 11.1. The normalized spacial score (nSPS) is 19.2. The van der Waals surface area contributed by atoms with Gasteiger partial charge in [-0.25, -0.2) is 4.98 Å². The fourth-order valence-corrected chi connectivity index (χ4v) is 2.37. The van der Waals surface area contributed by atoms with Gasteiger partial charge in [0.05, 0.1) is 13.2 Å². The molecule has 2 aliphatic rings. The SMILES string of the molecule is c1cc(CNC2=NCCCN2)cc(N2CCOCC2)n1. The molecular formula is C14H21N5O. The van der Waals surface area contributed by atoms with E-state index in [1.807, 2.05) is 12.3 Å². The van der Waals surface area contributed by atoms with Crippen LogP contribution in [0.1, 0.15) is 12.0 Å². The molecule has 0 aromatic carbocycles. The first-order chi connectivity index (χ1) is 9.92. The Bertz CT molecular complexity index is 470. The molecule has 0 unspecified atom stereocenters. The van der Waals surface area contributed by atoms with Crippen LogP contribution < -0.4 is 15.5 Å². The summed E-state index contributed by atoms with van der Waals surface area (Å²) in [6.07, 6.45) is 2.99. The summed E-state index contributed by atoms with van der Waals surface area (Å²) in [7, 11) is 0. The number of hydrogen-bond acceptors (Lipinski definition) is 6. The average Bonchev–Trinajstić information content (AvgIpc) is 2.55. The van der Waals surface area contributed by atoms with Crippen LogP contribution >= 0.6 is 0 Å². The third-order valence-corrected chi connectivity index (χ3v) is 3.50. The Hall–Kier alpha value is -1.82. The predicted octanol–water partition coefficient (Wildman–Crippen LogP) is 0.357. The Balaban J connectivity index is 1.60. The second kappa shape index (κ2) is 6.56. The van der Waals surface area contributed by atoms with Gasteiger partial charge in [0.2, 0.25) is 0 Å². The lowest BCUT2D eigenvalue weighted by molar-refractivity contribution is 0.122. The number of rotatable bonds is 3. The Morgan fingerprint density at radius 2 is 2.25 bits per heavy atom. The highest BCUT2D eigenvalue weighted by atomic mass is 16.5. The standard InChI is InChI=1S/C14H21N5O/c1-3-16-14(17-4-1)18-11-12-2-5-15-13(10-12)19-6-8-20-9-7-19/h2,5,10H,1,3-4,6-9,11H2,(H2,16,17,18). The molecule has 0 radical (unpaired) electrons. The number of aromatic nitrogens is 1. The number of nitrogens with zero attached hydrogens (tertiary/aromatic N) is 3. The van der Waals surface area contributed by atoms with Gasteiger partial charge in [-0.1, -0.05) is 0 Å². The molecule has 0 bridgehead atoms. The molecule has 6 nitrogen and oxygen atoms in total. The van der Waals surface area contributed by atoms with Crippen molar-refractivity contribution in [1.82, 2.24) is 15.6 Å². The van der Waals surface area contributed by atoms with Crippen molar-refractivity contribution in [2.75, 3.05) is 44.3 Å². The summed E-state index contributed by atoms with van der Waals surface area (Å²) in [6, 6.07) is 4.18. The van der Waals surface area contributed by atoms with Crippen molar-refractivity contribution in [3.63, 3.8) is 0 Å². The highest BCUT2D eigenvalue weighted by Crippen LogP contribution is 2.14. The molecule has 1 fully saturated rings. The van der Waals surface area contributed by atoms with Crippen molar-refractivity contribution in [2.45, 2.75) is 13.0 Å². The molecule has 2 aliphatic heterocycles. The van der Waals surface area contributed by atoms with Gasteiger partial charge in [-0.15, -0.1) is 0 Å². The zero-order valence-corrected chi connectivity index (χ0v) is 11.6. The van der Waals surface area contributed by atoms with Crippen molar-refractivity contribution in [3.05, 3.63) is 23.9 Å². The molecule has 1 saturated heterocycles. The number of guanidine groups is 1. The van der Waals surface area contributed by atoms with E-state index < -0.39 is 0 Å². The van der Waals surface area contributed by atoms with Crippen LogP contribution in [0.25, 0.3) is 0 Å². The van der Waals surface area contributed by atoms with Gasteiger partial charge in [0.25, 0.3) is 0 Å². The molecule has 0 amide bonds. The first-order valence-electron chi connectivity index (χ1n) is 7.22. The van der Waals surface area contributed by atoms with Crippen LogP contribution in [0, 0.1) is 0 Å². The minimum atomic E-state index is 0.770. The van der Waals surface area contributed by atoms with E-state index in [2.05, 4.69) is 31.6 Å². The van der Waals surface area contributed by atoms with E-state index in [0.29, 0.717) is 0 Å². The number of pyridine rings is 1. The maximum Gasteiger partial charge on any atom is 0.191 e. The first-order valence-corrected chi connectivity index (χ1v) is 7.22. The number of morpholine rings is 1. The predicted molar refractivity (Wildman–Crippen MR) is 79.0 cm³/mol. The Morgan fingerprint density at radius 3 is 3.05 bits per heavy atom. The van der Waals surface area contributed by atoms with Crippen LogP contribution in [0.5, 0.6) is 0 Å². The number of nitrogens with one attached hydrogen (secondary N) is 2. The highest BCUT2D eigenvalue weighted by molar-refractivity contribution is 5.80. The fourth-order valence-electron chi connectivity index (χ4n) is 2.37. The van der Waals surface area contributed by atoms with E-state index in [1.165, 1.54) is 5.56 Å². The van der Waals surface area contributed by atoms with Crippen molar-refractivity contribution >= 4 is 11.8 Å². The molecular weight excluding hydrogens is 254 g/mol. The molecule has 0 aliphatic carbocycles. The lowest BCUT2D eigenvalue weighted by Gasteiger charge is -2.28. The van der Waals surface area contributed by atoms with Gasteiger partial charge in [0.15, 0.2) is 5.96 Å². The molecule has 3 rings (SSSR count). The van der Waals surface area contributed by atoms with Gasteiger partial charge < -0.3 is 20.3 Å². The number of hydrogen-bond donors (Lipinski definition) is 2. The van der Waals surface area contributed by atoms with Gasteiger partial charge >= 0.3 is 0 Å². The second-order valence-electron chi connectivity index (χ2n) is 4.99. The highest BCUT2D eigenvalue weighted by Gasteiger charge is 2.12. The van der Waals surface area contributed by atoms with Crippen LogP contribution in [0.3, 0.4) is 0 Å². The van der Waals surface area contributed by atoms with Crippen LogP contribution in [0.2, 0.25) is 0 Å². The molecule has 0 atom stereocenters. The van der Waals surface area contributed by atoms with Crippen molar-refractivity contribution in [2.24, 2.45) is 4.99 Å². The quantitative estimate of drug-likeness (QED) is 0.834. The molecule has 108 valence electrons. The minimum Gasteiger partial charge on any atom is -0.378 e. The summed E-state index contributed by atoms with van der Waals surface area (Å²) in [5, 5.41) is 6.60. The van der Waals surface area contributed by atoms with E-state index in [0.717, 1.165) is 64.1 Å². The minimum absolute atomic E-state index is 0.770. The maximum atomic E-state index is 5.37. The molecule has 0 saturated carbocycles. The summed E-state index contributed by atoms with van der Waals surface area (Å²) in [6.45, 7) is 6.07. The molecule has 6 heteroatoms. The van der Waals surface area contributed by atoms with Gasteiger partial charge in [-0.3, -0.25) is 4.99 Å². The topological polar surface area (TPSA) is 61.8 Å². The zero-order chi connectivity index (χ0) is 13.6. The lowest BCUT2D eigenvalue weighted by Crippen LogP contribution is -2.40. The van der Waals surface area contributed by atoms with E-state index in [1.54, 1.807) is 0 Å². The van der Waals surface area contributed by atoms with Crippen LogP contribution in [0.15, 0.2) is 23.3 Å². The van der Waals surface area contributed by atoms with Crippen molar-refractivity contribution in [3.8, 4) is 0 Å². The van der Waals surface area contributed by atoms with Crippen molar-refractivity contribution in [1.29, 1.82) is 0 Å². The Kier molecular flexibility index (Phi) is 4.32. The maximum absolute atomic E-state index is 5.37. The number of aliphatic imine (C=N–C) groups is 1. The third kappa shape index (κ3) is 3.39. The number of ether oxygens (including phenoxy) is 1. The van der Waals surface area contributed by atoms with E-state index in [9.17, 15) is 0 Å². The molecule has 1 aromatic heterocycles. The molecule has 20 heavy (non-hydrogen) atoms. The van der Waals surface area contributed by atoms with Crippen LogP contribution in [-0.2, 0) is 11.3 Å². The summed E-state index contributed by atoms with van der Waals surface area (Å²) in [5.41, 5.74) is 1.22. The van der Waals surface area contributed by atoms with E-state index in [-0.39, 0.29) is 0 Å². The Labute approximate surface area is 119 Å². The summed E-state index contributed by atoms with van der Waals surface area (Å²) in [5.74, 6) is 1.94. The Morgan fingerprint density at radius 1 is 1.35 bits per heavy atom. The lowest BCUT2D eigenvalue weighted by atomic mass is 10.2. The molecule has 1 aromatic rings. The summed E-state index contributed by atoms with van der Waals surface area (Å²) >= 11 is 0. The van der Waals surface area contributed by atoms with Crippen molar-refractivity contribution < 1.29 is 4.74 Å². The molecule has 3 heterocycles. The average molecular weight is 275 g/mol. The zero-order valence-electron chi connectivity index (χ0n) is 11.6. The molecule has 0 spiro atoms. The van der Waals surface area contributed by atoms with Gasteiger partial charge in [0.1, 0.15) is 5.82 Å². The monoisotopic (exact) mass is 275 g/mol. The third-order valence-electron chi connectivity index (χ3n) is 3.50. The second-order valence-corrected chi connectivity index (χ2v) is 4.99. The van der Waals surface area contributed by atoms with Gasteiger partial charge in [0, 0.05) is 38.9 Å². The van der Waals surface area contributed by atoms with E-state index in [4.69, 9.17) is 4.74 Å². The van der Waals surface area contributed by atoms with Crippen LogP contribution in [0.4, 0.5) is 5.82 Å². The van der Waals surface area contributed by atoms with Crippen LogP contribution in [-0.4, -0.2) is 50.3 Å². The van der Waals surface area contributed by atoms with E-state index >= 15 is 0 Å². The van der Waals surface area contributed by atoms with Gasteiger partial charge in [-0.2, -0.15) is 0 Å². The first kappa shape index (κ1) is 13.2. The largest absolute Gasteiger partial charge is 0.378 e. The smallest absolute Gasteiger partial charge is 0.191 e.